The van der Waals surface area contributed by atoms with Crippen LogP contribution in [0.1, 0.15) is 24.5 Å². The van der Waals surface area contributed by atoms with E-state index in [0.717, 1.165) is 35.0 Å². The number of nitrogens with zero attached hydrogens (tertiary/aromatic N) is 3. The standard InChI is InChI=1S/C17H17ClN4/c18-14-5-1-3-12(9-14)15-10-17-20-8-6-16(22(17)21-15)13-4-2-7-19-11-13/h1,3,5-6,8-10,13,19H,2,4,7,11H2/t13-/m0/s1. The van der Waals surface area contributed by atoms with Crippen molar-refractivity contribution in [3.8, 4) is 11.3 Å². The zero-order chi connectivity index (χ0) is 14.9. The maximum Gasteiger partial charge on any atom is 0.155 e. The average molecular weight is 313 g/mol. The Morgan fingerprint density at radius 2 is 2.18 bits per heavy atom. The van der Waals surface area contributed by atoms with Gasteiger partial charge in [-0.2, -0.15) is 5.10 Å². The Bertz CT molecular complexity index is 805. The molecule has 4 nitrogen and oxygen atoms in total. The molecule has 0 amide bonds. The van der Waals surface area contributed by atoms with E-state index in [1.807, 2.05) is 41.0 Å². The van der Waals surface area contributed by atoms with Gasteiger partial charge < -0.3 is 5.32 Å². The minimum atomic E-state index is 0.492. The fraction of sp³-hybridized carbons (Fsp3) is 0.294. The molecule has 1 fully saturated rings. The van der Waals surface area contributed by atoms with Gasteiger partial charge in [0.25, 0.3) is 0 Å². The van der Waals surface area contributed by atoms with E-state index in [1.54, 1.807) is 0 Å². The van der Waals surface area contributed by atoms with E-state index in [4.69, 9.17) is 16.7 Å². The van der Waals surface area contributed by atoms with Crippen LogP contribution in [0.15, 0.2) is 42.6 Å². The second-order valence-corrected chi connectivity index (χ2v) is 6.16. The van der Waals surface area contributed by atoms with Gasteiger partial charge in [0.05, 0.1) is 11.4 Å². The summed E-state index contributed by atoms with van der Waals surface area (Å²) < 4.78 is 1.98. The van der Waals surface area contributed by atoms with E-state index in [0.29, 0.717) is 5.92 Å². The third-order valence-corrected chi connectivity index (χ3v) is 4.46. The summed E-state index contributed by atoms with van der Waals surface area (Å²) in [4.78, 5) is 4.45. The van der Waals surface area contributed by atoms with Crippen molar-refractivity contribution >= 4 is 17.2 Å². The zero-order valence-corrected chi connectivity index (χ0v) is 12.9. The van der Waals surface area contributed by atoms with E-state index in [9.17, 15) is 0 Å². The molecule has 3 aromatic rings. The molecule has 112 valence electrons. The average Bonchev–Trinajstić information content (AvgIpc) is 3.00. The summed E-state index contributed by atoms with van der Waals surface area (Å²) in [6, 6.07) is 11.9. The minimum Gasteiger partial charge on any atom is -0.316 e. The number of benzene rings is 1. The van der Waals surface area contributed by atoms with Crippen LogP contribution in [0.4, 0.5) is 0 Å². The Kier molecular flexibility index (Phi) is 3.56. The van der Waals surface area contributed by atoms with Crippen LogP contribution in [0.25, 0.3) is 16.9 Å². The van der Waals surface area contributed by atoms with Crippen molar-refractivity contribution in [3.05, 3.63) is 53.3 Å². The number of aromatic nitrogens is 3. The molecule has 22 heavy (non-hydrogen) atoms. The fourth-order valence-corrected chi connectivity index (χ4v) is 3.31. The molecule has 4 rings (SSSR count). The van der Waals surface area contributed by atoms with Crippen LogP contribution in [-0.4, -0.2) is 27.7 Å². The van der Waals surface area contributed by atoms with Crippen molar-refractivity contribution in [1.82, 2.24) is 19.9 Å². The first-order chi connectivity index (χ1) is 10.8. The van der Waals surface area contributed by atoms with Crippen LogP contribution in [0.3, 0.4) is 0 Å². The quantitative estimate of drug-likeness (QED) is 0.787. The molecule has 1 aliphatic heterocycles. The fourth-order valence-electron chi connectivity index (χ4n) is 3.12. The lowest BCUT2D eigenvalue weighted by Crippen LogP contribution is -2.29. The highest BCUT2D eigenvalue weighted by Gasteiger charge is 2.19. The van der Waals surface area contributed by atoms with Gasteiger partial charge in [0.15, 0.2) is 5.65 Å². The summed E-state index contributed by atoms with van der Waals surface area (Å²) in [5, 5.41) is 8.95. The first kappa shape index (κ1) is 13.7. The predicted octanol–water partition coefficient (Wildman–Crippen LogP) is 3.52. The number of piperidine rings is 1. The first-order valence-corrected chi connectivity index (χ1v) is 8.00. The van der Waals surface area contributed by atoms with E-state index < -0.39 is 0 Å². The molecule has 0 radical (unpaired) electrons. The highest BCUT2D eigenvalue weighted by atomic mass is 35.5. The van der Waals surface area contributed by atoms with Crippen LogP contribution in [0, 0.1) is 0 Å². The number of hydrogen-bond acceptors (Lipinski definition) is 3. The summed E-state index contributed by atoms with van der Waals surface area (Å²) in [6.45, 7) is 2.11. The van der Waals surface area contributed by atoms with E-state index in [-0.39, 0.29) is 0 Å². The van der Waals surface area contributed by atoms with Crippen molar-refractivity contribution in [1.29, 1.82) is 0 Å². The van der Waals surface area contributed by atoms with Crippen molar-refractivity contribution in [2.75, 3.05) is 13.1 Å². The highest BCUT2D eigenvalue weighted by molar-refractivity contribution is 6.30. The van der Waals surface area contributed by atoms with Crippen LogP contribution >= 0.6 is 11.6 Å². The Balaban J connectivity index is 1.80. The largest absolute Gasteiger partial charge is 0.316 e. The lowest BCUT2D eigenvalue weighted by molar-refractivity contribution is 0.448. The molecule has 5 heteroatoms. The number of nitrogens with one attached hydrogen (secondary N) is 1. The Hall–Kier alpha value is -1.91. The Morgan fingerprint density at radius 1 is 1.23 bits per heavy atom. The third kappa shape index (κ3) is 2.49. The molecular formula is C17H17ClN4. The second kappa shape index (κ2) is 5.71. The van der Waals surface area contributed by atoms with Crippen LogP contribution in [0.2, 0.25) is 5.02 Å². The number of halogens is 1. The topological polar surface area (TPSA) is 42.2 Å². The van der Waals surface area contributed by atoms with E-state index >= 15 is 0 Å². The van der Waals surface area contributed by atoms with Crippen molar-refractivity contribution in [2.45, 2.75) is 18.8 Å². The molecule has 1 N–H and O–H groups in total. The summed E-state index contributed by atoms with van der Waals surface area (Å²) in [7, 11) is 0. The molecule has 1 aliphatic rings. The molecule has 0 aliphatic carbocycles. The molecule has 0 unspecified atom stereocenters. The lowest BCUT2D eigenvalue weighted by Gasteiger charge is -2.23. The molecule has 1 saturated heterocycles. The van der Waals surface area contributed by atoms with Crippen molar-refractivity contribution < 1.29 is 0 Å². The van der Waals surface area contributed by atoms with Crippen LogP contribution < -0.4 is 5.32 Å². The maximum atomic E-state index is 6.09. The number of rotatable bonds is 2. The maximum absolute atomic E-state index is 6.09. The van der Waals surface area contributed by atoms with Crippen LogP contribution in [0.5, 0.6) is 0 Å². The number of fused-ring (bicyclic) bond motifs is 1. The molecule has 0 bridgehead atoms. The minimum absolute atomic E-state index is 0.492. The molecule has 1 aromatic carbocycles. The Labute approximate surface area is 134 Å². The van der Waals surface area contributed by atoms with Gasteiger partial charge in [-0.25, -0.2) is 9.50 Å². The Morgan fingerprint density at radius 3 is 3.00 bits per heavy atom. The third-order valence-electron chi connectivity index (χ3n) is 4.22. The van der Waals surface area contributed by atoms with Crippen molar-refractivity contribution in [2.24, 2.45) is 0 Å². The van der Waals surface area contributed by atoms with E-state index in [2.05, 4.69) is 16.4 Å². The van der Waals surface area contributed by atoms with Gasteiger partial charge in [-0.15, -0.1) is 0 Å². The highest BCUT2D eigenvalue weighted by Crippen LogP contribution is 2.26. The smallest absolute Gasteiger partial charge is 0.155 e. The monoisotopic (exact) mass is 312 g/mol. The normalized spacial score (nSPS) is 18.7. The SMILES string of the molecule is Clc1cccc(-c2cc3nccc([C@H]4CCCNC4)n3n2)c1. The van der Waals surface area contributed by atoms with E-state index in [1.165, 1.54) is 18.5 Å². The molecule has 0 saturated carbocycles. The lowest BCUT2D eigenvalue weighted by atomic mass is 9.96. The van der Waals surface area contributed by atoms with Gasteiger partial charge >= 0.3 is 0 Å². The molecular weight excluding hydrogens is 296 g/mol. The van der Waals surface area contributed by atoms with Gasteiger partial charge in [0.1, 0.15) is 0 Å². The van der Waals surface area contributed by atoms with Gasteiger partial charge in [-0.3, -0.25) is 0 Å². The summed E-state index contributed by atoms with van der Waals surface area (Å²) in [5.74, 6) is 0.492. The predicted molar refractivity (Wildman–Crippen MR) is 88.3 cm³/mol. The van der Waals surface area contributed by atoms with Crippen LogP contribution in [-0.2, 0) is 0 Å². The number of hydrogen-bond donors (Lipinski definition) is 1. The molecule has 2 aromatic heterocycles. The van der Waals surface area contributed by atoms with Gasteiger partial charge in [0.2, 0.25) is 0 Å². The van der Waals surface area contributed by atoms with Gasteiger partial charge in [-0.05, 0) is 37.6 Å². The first-order valence-electron chi connectivity index (χ1n) is 7.62. The molecule has 3 heterocycles. The zero-order valence-electron chi connectivity index (χ0n) is 12.2. The second-order valence-electron chi connectivity index (χ2n) is 5.72. The van der Waals surface area contributed by atoms with Gasteiger partial charge in [-0.1, -0.05) is 23.7 Å². The summed E-state index contributed by atoms with van der Waals surface area (Å²) in [6.07, 6.45) is 4.28. The summed E-state index contributed by atoms with van der Waals surface area (Å²) in [5.41, 5.74) is 4.04. The van der Waals surface area contributed by atoms with Gasteiger partial charge in [0, 0.05) is 35.3 Å². The molecule has 1 atom stereocenters. The van der Waals surface area contributed by atoms with Crippen molar-refractivity contribution in [3.63, 3.8) is 0 Å². The molecule has 0 spiro atoms. The summed E-state index contributed by atoms with van der Waals surface area (Å²) >= 11 is 6.09.